The van der Waals surface area contributed by atoms with E-state index in [0.29, 0.717) is 13.2 Å². The summed E-state index contributed by atoms with van der Waals surface area (Å²) in [6.45, 7) is 4.35. The number of hydrogen-bond donors (Lipinski definition) is 1. The van der Waals surface area contributed by atoms with Crippen LogP contribution < -0.4 is 0 Å². The molecule has 3 aromatic rings. The minimum Gasteiger partial charge on any atom is -0.392 e. The van der Waals surface area contributed by atoms with Crippen LogP contribution in [-0.2, 0) is 29.2 Å². The van der Waals surface area contributed by atoms with Gasteiger partial charge in [-0.15, -0.1) is 0 Å². The summed E-state index contributed by atoms with van der Waals surface area (Å²) < 4.78 is 12.8. The van der Waals surface area contributed by atoms with Crippen LogP contribution in [0.3, 0.4) is 0 Å². The Morgan fingerprint density at radius 1 is 0.774 bits per heavy atom. The monoisotopic (exact) mass is 417 g/mol. The molecule has 1 aliphatic heterocycles. The van der Waals surface area contributed by atoms with Crippen molar-refractivity contribution in [3.05, 3.63) is 108 Å². The van der Waals surface area contributed by atoms with Crippen LogP contribution in [0.2, 0.25) is 0 Å². The predicted octanol–water partition coefficient (Wildman–Crippen LogP) is 4.42. The van der Waals surface area contributed by atoms with Crippen molar-refractivity contribution in [2.45, 2.75) is 51.0 Å². The summed E-state index contributed by atoms with van der Waals surface area (Å²) in [5, 5.41) is 10.7. The number of nitrogens with zero attached hydrogens (tertiary/aromatic N) is 1. The van der Waals surface area contributed by atoms with Gasteiger partial charge in [-0.25, -0.2) is 0 Å². The molecule has 0 bridgehead atoms. The molecule has 2 unspecified atom stereocenters. The molecule has 0 spiro atoms. The molecule has 4 nitrogen and oxygen atoms in total. The van der Waals surface area contributed by atoms with Gasteiger partial charge in [-0.2, -0.15) is 0 Å². The van der Waals surface area contributed by atoms with Gasteiger partial charge in [-0.3, -0.25) is 4.90 Å². The third-order valence-corrected chi connectivity index (χ3v) is 5.85. The van der Waals surface area contributed by atoms with Crippen LogP contribution in [0.4, 0.5) is 0 Å². The predicted molar refractivity (Wildman–Crippen MR) is 122 cm³/mol. The minimum absolute atomic E-state index is 0.118. The van der Waals surface area contributed by atoms with Gasteiger partial charge in [-0.1, -0.05) is 91.0 Å². The average molecular weight is 418 g/mol. The fourth-order valence-electron chi connectivity index (χ4n) is 4.35. The zero-order valence-electron chi connectivity index (χ0n) is 18.0. The molecule has 0 amide bonds. The van der Waals surface area contributed by atoms with Crippen LogP contribution >= 0.6 is 0 Å². The Morgan fingerprint density at radius 3 is 1.77 bits per heavy atom. The van der Waals surface area contributed by atoms with E-state index in [2.05, 4.69) is 53.4 Å². The van der Waals surface area contributed by atoms with E-state index >= 15 is 0 Å². The Kier molecular flexibility index (Phi) is 7.49. The molecule has 0 aromatic heterocycles. The maximum absolute atomic E-state index is 10.7. The molecule has 4 rings (SSSR count). The summed E-state index contributed by atoms with van der Waals surface area (Å²) in [6.07, 6.45) is -0.866. The lowest BCUT2D eigenvalue weighted by Crippen LogP contribution is -2.45. The first-order chi connectivity index (χ1) is 15.2. The molecule has 3 aromatic carbocycles. The number of aliphatic hydroxyl groups is 1. The molecule has 0 saturated carbocycles. The number of rotatable bonds is 9. The number of ether oxygens (including phenoxy) is 2. The highest BCUT2D eigenvalue weighted by atomic mass is 16.5. The van der Waals surface area contributed by atoms with Crippen molar-refractivity contribution in [1.82, 2.24) is 4.90 Å². The molecular formula is C27H31NO3. The van der Waals surface area contributed by atoms with Crippen molar-refractivity contribution >= 4 is 0 Å². The lowest BCUT2D eigenvalue weighted by molar-refractivity contribution is -0.0857. The topological polar surface area (TPSA) is 41.9 Å². The van der Waals surface area contributed by atoms with Crippen molar-refractivity contribution < 1.29 is 14.6 Å². The summed E-state index contributed by atoms with van der Waals surface area (Å²) in [6, 6.07) is 30.6. The van der Waals surface area contributed by atoms with Gasteiger partial charge in [0.2, 0.25) is 0 Å². The van der Waals surface area contributed by atoms with Crippen LogP contribution in [0.5, 0.6) is 0 Å². The third-order valence-electron chi connectivity index (χ3n) is 5.85. The summed E-state index contributed by atoms with van der Waals surface area (Å²) in [4.78, 5) is 2.30. The van der Waals surface area contributed by atoms with Crippen molar-refractivity contribution in [1.29, 1.82) is 0 Å². The van der Waals surface area contributed by atoms with Crippen LogP contribution in [0, 0.1) is 0 Å². The molecule has 0 radical (unpaired) electrons. The van der Waals surface area contributed by atoms with Crippen LogP contribution in [-0.4, -0.2) is 40.9 Å². The van der Waals surface area contributed by atoms with Crippen molar-refractivity contribution in [2.24, 2.45) is 0 Å². The van der Waals surface area contributed by atoms with Crippen LogP contribution in [0.25, 0.3) is 0 Å². The lowest BCUT2D eigenvalue weighted by Gasteiger charge is -2.30. The molecule has 162 valence electrons. The van der Waals surface area contributed by atoms with Crippen LogP contribution in [0.1, 0.15) is 23.6 Å². The normalized spacial score (nSPS) is 22.5. The largest absolute Gasteiger partial charge is 0.392 e. The zero-order chi connectivity index (χ0) is 21.5. The first kappa shape index (κ1) is 21.7. The maximum Gasteiger partial charge on any atom is 0.103 e. The van der Waals surface area contributed by atoms with E-state index in [-0.39, 0.29) is 18.2 Å². The van der Waals surface area contributed by atoms with Gasteiger partial charge in [-0.05, 0) is 23.6 Å². The second kappa shape index (κ2) is 10.7. The number of aliphatic hydroxyl groups excluding tert-OH is 1. The van der Waals surface area contributed by atoms with E-state index in [4.69, 9.17) is 9.47 Å². The second-order valence-corrected chi connectivity index (χ2v) is 8.24. The Morgan fingerprint density at radius 2 is 1.26 bits per heavy atom. The lowest BCUT2D eigenvalue weighted by atomic mass is 10.0. The third kappa shape index (κ3) is 5.81. The molecule has 4 atom stereocenters. The molecule has 1 fully saturated rings. The second-order valence-electron chi connectivity index (χ2n) is 8.24. The number of hydrogen-bond acceptors (Lipinski definition) is 4. The van der Waals surface area contributed by atoms with Crippen molar-refractivity contribution in [2.75, 3.05) is 6.54 Å². The summed E-state index contributed by atoms with van der Waals surface area (Å²) in [5.74, 6) is 0. The first-order valence-corrected chi connectivity index (χ1v) is 11.0. The molecule has 4 heteroatoms. The summed E-state index contributed by atoms with van der Waals surface area (Å²) >= 11 is 0. The van der Waals surface area contributed by atoms with Gasteiger partial charge >= 0.3 is 0 Å². The van der Waals surface area contributed by atoms with Gasteiger partial charge in [0.25, 0.3) is 0 Å². The van der Waals surface area contributed by atoms with E-state index in [1.807, 2.05) is 49.4 Å². The van der Waals surface area contributed by atoms with Gasteiger partial charge in [0.15, 0.2) is 0 Å². The summed E-state index contributed by atoms with van der Waals surface area (Å²) in [5.41, 5.74) is 3.48. The minimum atomic E-state index is -0.533. The molecule has 1 aliphatic rings. The highest BCUT2D eigenvalue weighted by molar-refractivity contribution is 5.17. The molecule has 1 N–H and O–H groups in total. The molecular weight excluding hydrogens is 386 g/mol. The van der Waals surface area contributed by atoms with E-state index in [0.717, 1.165) is 24.2 Å². The van der Waals surface area contributed by atoms with Crippen molar-refractivity contribution in [3.63, 3.8) is 0 Å². The molecule has 1 saturated heterocycles. The fraction of sp³-hybridized carbons (Fsp3) is 0.333. The van der Waals surface area contributed by atoms with Gasteiger partial charge in [0.1, 0.15) is 6.10 Å². The number of benzene rings is 3. The highest BCUT2D eigenvalue weighted by Crippen LogP contribution is 2.29. The van der Waals surface area contributed by atoms with E-state index < -0.39 is 6.10 Å². The Bertz CT molecular complexity index is 902. The first-order valence-electron chi connectivity index (χ1n) is 11.0. The average Bonchev–Trinajstić information content (AvgIpc) is 3.15. The highest BCUT2D eigenvalue weighted by Gasteiger charge is 2.45. The quantitative estimate of drug-likeness (QED) is 0.560. The zero-order valence-corrected chi connectivity index (χ0v) is 18.0. The number of likely N-dealkylation sites (tertiary alicyclic amines) is 1. The molecule has 1 heterocycles. The SMILES string of the molecule is CC(O)C1[C@@H](OCc2ccccc2)[C@H](OCc2ccccc2)CN1Cc1ccccc1. The van der Waals surface area contributed by atoms with Gasteiger partial charge in [0, 0.05) is 13.1 Å². The van der Waals surface area contributed by atoms with Gasteiger partial charge in [0.05, 0.1) is 31.5 Å². The molecule has 0 aliphatic carbocycles. The van der Waals surface area contributed by atoms with E-state index in [1.165, 1.54) is 5.56 Å². The molecule has 31 heavy (non-hydrogen) atoms. The Balaban J connectivity index is 1.51. The van der Waals surface area contributed by atoms with Crippen molar-refractivity contribution in [3.8, 4) is 0 Å². The Labute approximate surface area is 185 Å². The Hall–Kier alpha value is -2.50. The standard InChI is InChI=1S/C27H31NO3/c1-21(29)26-27(31-20-24-15-9-4-10-16-24)25(30-19-23-13-7-3-8-14-23)18-28(26)17-22-11-5-2-6-12-22/h2-16,21,25-27,29H,17-20H2,1H3/t21?,25-,26?,27+/m1/s1. The maximum atomic E-state index is 10.7. The van der Waals surface area contributed by atoms with E-state index in [1.54, 1.807) is 0 Å². The van der Waals surface area contributed by atoms with E-state index in [9.17, 15) is 5.11 Å². The van der Waals surface area contributed by atoms with Gasteiger partial charge < -0.3 is 14.6 Å². The smallest absolute Gasteiger partial charge is 0.103 e. The summed E-state index contributed by atoms with van der Waals surface area (Å²) in [7, 11) is 0. The van der Waals surface area contributed by atoms with Crippen LogP contribution in [0.15, 0.2) is 91.0 Å². The fourth-order valence-corrected chi connectivity index (χ4v) is 4.35.